The highest BCUT2D eigenvalue weighted by Crippen LogP contribution is 2.12. The van der Waals surface area contributed by atoms with Crippen molar-refractivity contribution in [2.24, 2.45) is 0 Å². The molecule has 0 heterocycles. The minimum absolute atomic E-state index is 0.0273. The number of carbonyl (C=O) groups excluding carboxylic acids is 1. The van der Waals surface area contributed by atoms with Gasteiger partial charge in [0.1, 0.15) is 5.82 Å². The molecule has 0 saturated heterocycles. The summed E-state index contributed by atoms with van der Waals surface area (Å²) in [6.45, 7) is 5.98. The van der Waals surface area contributed by atoms with Gasteiger partial charge >= 0.3 is 0 Å². The van der Waals surface area contributed by atoms with Crippen LogP contribution in [0.1, 0.15) is 88.4 Å². The predicted molar refractivity (Wildman–Crippen MR) is 99.8 cm³/mol. The lowest BCUT2D eigenvalue weighted by Gasteiger charge is -2.23. The van der Waals surface area contributed by atoms with Crippen LogP contribution in [-0.2, 0) is 0 Å². The van der Waals surface area contributed by atoms with Gasteiger partial charge in [0.25, 0.3) is 5.91 Å². The van der Waals surface area contributed by atoms with Gasteiger partial charge in [-0.15, -0.1) is 0 Å². The van der Waals surface area contributed by atoms with E-state index in [4.69, 9.17) is 0 Å². The molecule has 1 aromatic rings. The molecule has 0 spiro atoms. The Hall–Kier alpha value is -1.38. The van der Waals surface area contributed by atoms with Crippen LogP contribution in [0.4, 0.5) is 4.39 Å². The second-order valence-electron chi connectivity index (χ2n) is 6.63. The van der Waals surface area contributed by atoms with Gasteiger partial charge in [0.05, 0.1) is 0 Å². The third kappa shape index (κ3) is 8.47. The fourth-order valence-corrected chi connectivity index (χ4v) is 2.93. The van der Waals surface area contributed by atoms with E-state index in [1.54, 1.807) is 12.1 Å². The lowest BCUT2D eigenvalue weighted by molar-refractivity contribution is 0.0748. The van der Waals surface area contributed by atoms with Crippen molar-refractivity contribution in [1.29, 1.82) is 0 Å². The lowest BCUT2D eigenvalue weighted by atomic mass is 10.1. The molecule has 0 aliphatic carbocycles. The zero-order valence-corrected chi connectivity index (χ0v) is 15.5. The first kappa shape index (κ1) is 20.7. The maximum absolute atomic E-state index is 13.4. The third-order valence-corrected chi connectivity index (χ3v) is 4.42. The van der Waals surface area contributed by atoms with Crippen LogP contribution in [-0.4, -0.2) is 23.9 Å². The first-order valence-corrected chi connectivity index (χ1v) is 9.73. The maximum Gasteiger partial charge on any atom is 0.253 e. The fourth-order valence-electron chi connectivity index (χ4n) is 2.93. The van der Waals surface area contributed by atoms with Gasteiger partial charge in [0, 0.05) is 18.7 Å². The van der Waals surface area contributed by atoms with Crippen molar-refractivity contribution in [3.8, 4) is 0 Å². The maximum atomic E-state index is 13.4. The van der Waals surface area contributed by atoms with Crippen molar-refractivity contribution in [3.05, 3.63) is 35.6 Å². The van der Waals surface area contributed by atoms with E-state index in [1.165, 1.54) is 50.7 Å². The first-order valence-electron chi connectivity index (χ1n) is 9.73. The van der Waals surface area contributed by atoms with Gasteiger partial charge < -0.3 is 4.90 Å². The molecule has 0 saturated carbocycles. The third-order valence-electron chi connectivity index (χ3n) is 4.42. The topological polar surface area (TPSA) is 20.3 Å². The van der Waals surface area contributed by atoms with E-state index in [-0.39, 0.29) is 11.7 Å². The average molecular weight is 336 g/mol. The molecule has 1 amide bonds. The van der Waals surface area contributed by atoms with E-state index in [0.29, 0.717) is 5.56 Å². The van der Waals surface area contributed by atoms with Crippen LogP contribution in [0.25, 0.3) is 0 Å². The molecule has 1 rings (SSSR count). The normalized spacial score (nSPS) is 10.8. The van der Waals surface area contributed by atoms with Gasteiger partial charge in [-0.3, -0.25) is 4.79 Å². The summed E-state index contributed by atoms with van der Waals surface area (Å²) in [5.74, 6) is -0.368. The molecule has 3 heteroatoms. The van der Waals surface area contributed by atoms with Crippen molar-refractivity contribution >= 4 is 5.91 Å². The van der Waals surface area contributed by atoms with Crippen molar-refractivity contribution in [2.45, 2.75) is 78.1 Å². The van der Waals surface area contributed by atoms with Crippen molar-refractivity contribution in [1.82, 2.24) is 4.90 Å². The van der Waals surface area contributed by atoms with Crippen LogP contribution in [0.2, 0.25) is 0 Å². The number of hydrogen-bond donors (Lipinski definition) is 0. The summed E-state index contributed by atoms with van der Waals surface area (Å²) in [7, 11) is 0. The van der Waals surface area contributed by atoms with Crippen molar-refractivity contribution in [2.75, 3.05) is 13.1 Å². The van der Waals surface area contributed by atoms with Gasteiger partial charge in [-0.25, -0.2) is 4.39 Å². The summed E-state index contributed by atoms with van der Waals surface area (Å²) in [6.07, 6.45) is 11.8. The van der Waals surface area contributed by atoms with E-state index in [0.717, 1.165) is 38.8 Å². The van der Waals surface area contributed by atoms with E-state index in [2.05, 4.69) is 13.8 Å². The molecular weight excluding hydrogens is 301 g/mol. The van der Waals surface area contributed by atoms with E-state index >= 15 is 0 Å². The summed E-state index contributed by atoms with van der Waals surface area (Å²) < 4.78 is 13.4. The summed E-state index contributed by atoms with van der Waals surface area (Å²) in [5, 5.41) is 0. The summed E-state index contributed by atoms with van der Waals surface area (Å²) in [5.41, 5.74) is 0.470. The van der Waals surface area contributed by atoms with E-state index in [9.17, 15) is 9.18 Å². The number of nitrogens with zero attached hydrogens (tertiary/aromatic N) is 1. The van der Waals surface area contributed by atoms with Crippen LogP contribution >= 0.6 is 0 Å². The smallest absolute Gasteiger partial charge is 0.253 e. The first-order chi connectivity index (χ1) is 11.7. The Morgan fingerprint density at radius 1 is 0.875 bits per heavy atom. The molecule has 0 N–H and O–H groups in total. The highest BCUT2D eigenvalue weighted by atomic mass is 19.1. The lowest BCUT2D eigenvalue weighted by Crippen LogP contribution is -2.33. The van der Waals surface area contributed by atoms with Crippen molar-refractivity contribution < 1.29 is 9.18 Å². The molecule has 0 aliphatic rings. The molecule has 136 valence electrons. The molecule has 0 aromatic heterocycles. The zero-order valence-electron chi connectivity index (χ0n) is 15.5. The van der Waals surface area contributed by atoms with Gasteiger partial charge in [-0.05, 0) is 31.0 Å². The second-order valence-corrected chi connectivity index (χ2v) is 6.63. The van der Waals surface area contributed by atoms with E-state index in [1.807, 2.05) is 4.90 Å². The highest BCUT2D eigenvalue weighted by Gasteiger charge is 2.15. The Morgan fingerprint density at radius 3 is 1.92 bits per heavy atom. The quantitative estimate of drug-likeness (QED) is 0.392. The number of carbonyl (C=O) groups is 1. The molecular formula is C21H34FNO. The minimum atomic E-state index is -0.341. The van der Waals surface area contributed by atoms with Gasteiger partial charge in [-0.2, -0.15) is 0 Å². The molecule has 2 nitrogen and oxygen atoms in total. The fraction of sp³-hybridized carbons (Fsp3) is 0.667. The molecule has 1 aromatic carbocycles. The van der Waals surface area contributed by atoms with Crippen LogP contribution in [0.15, 0.2) is 24.3 Å². The Bertz CT molecular complexity index is 447. The zero-order chi connectivity index (χ0) is 17.6. The van der Waals surface area contributed by atoms with Crippen molar-refractivity contribution in [3.63, 3.8) is 0 Å². The SMILES string of the molecule is CCCCCCCN(CCCCCCC)C(=O)c1cccc(F)c1. The molecule has 24 heavy (non-hydrogen) atoms. The Kier molecular flexibility index (Phi) is 11.2. The van der Waals surface area contributed by atoms with Crippen LogP contribution < -0.4 is 0 Å². The highest BCUT2D eigenvalue weighted by molar-refractivity contribution is 5.94. The summed E-state index contributed by atoms with van der Waals surface area (Å²) in [4.78, 5) is 14.6. The standard InChI is InChI=1S/C21H34FNO/c1-3-5-7-9-11-16-23(17-12-10-8-6-4-2)21(24)19-14-13-15-20(22)18-19/h13-15,18H,3-12,16-17H2,1-2H3. The molecule has 0 aliphatic heterocycles. The van der Waals surface area contributed by atoms with Crippen LogP contribution in [0, 0.1) is 5.82 Å². The number of amides is 1. The number of hydrogen-bond acceptors (Lipinski definition) is 1. The Morgan fingerprint density at radius 2 is 1.42 bits per heavy atom. The van der Waals surface area contributed by atoms with Crippen LogP contribution in [0.5, 0.6) is 0 Å². The minimum Gasteiger partial charge on any atom is -0.339 e. The molecule has 0 fully saturated rings. The largest absolute Gasteiger partial charge is 0.339 e. The van der Waals surface area contributed by atoms with Crippen LogP contribution in [0.3, 0.4) is 0 Å². The number of rotatable bonds is 13. The van der Waals surface area contributed by atoms with Gasteiger partial charge in [-0.1, -0.05) is 71.3 Å². The molecule has 0 atom stereocenters. The molecule has 0 unspecified atom stereocenters. The molecule has 0 radical (unpaired) electrons. The average Bonchev–Trinajstić information content (AvgIpc) is 2.59. The predicted octanol–water partition coefficient (Wildman–Crippen LogP) is 6.21. The number of unbranched alkanes of at least 4 members (excludes halogenated alkanes) is 8. The molecule has 0 bridgehead atoms. The second kappa shape index (κ2) is 13.0. The van der Waals surface area contributed by atoms with Gasteiger partial charge in [0.15, 0.2) is 0 Å². The van der Waals surface area contributed by atoms with E-state index < -0.39 is 0 Å². The Balaban J connectivity index is 2.53. The van der Waals surface area contributed by atoms with Gasteiger partial charge in [0.2, 0.25) is 0 Å². The Labute approximate surface area is 147 Å². The number of benzene rings is 1. The monoisotopic (exact) mass is 335 g/mol. The summed E-state index contributed by atoms with van der Waals surface area (Å²) >= 11 is 0. The number of halogens is 1. The summed E-state index contributed by atoms with van der Waals surface area (Å²) in [6, 6.07) is 6.07.